The molecule has 4 rings (SSSR count). The lowest BCUT2D eigenvalue weighted by molar-refractivity contribution is -0.144. The minimum Gasteiger partial charge on any atom is -0.480 e. The average Bonchev–Trinajstić information content (AvgIpc) is 3.19. The van der Waals surface area contributed by atoms with Gasteiger partial charge in [0, 0.05) is 5.92 Å². The van der Waals surface area contributed by atoms with Crippen molar-refractivity contribution in [3.63, 3.8) is 0 Å². The molecule has 3 aromatic rings. The number of hydrogen-bond acceptors (Lipinski definition) is 4. The Morgan fingerprint density at radius 3 is 2.09 bits per heavy atom. The highest BCUT2D eigenvalue weighted by Gasteiger charge is 2.31. The van der Waals surface area contributed by atoms with Gasteiger partial charge in [-0.15, -0.1) is 6.42 Å². The molecule has 0 saturated heterocycles. The fraction of sp³-hybridized carbons (Fsp3) is 0.179. The summed E-state index contributed by atoms with van der Waals surface area (Å²) < 4.78 is 5.59. The molecular formula is C28H24N2O5. The number of rotatable bonds is 8. The molecule has 35 heavy (non-hydrogen) atoms. The second kappa shape index (κ2) is 10.6. The van der Waals surface area contributed by atoms with Crippen LogP contribution in [0.3, 0.4) is 0 Å². The van der Waals surface area contributed by atoms with Gasteiger partial charge in [0.05, 0.1) is 6.54 Å². The van der Waals surface area contributed by atoms with Crippen LogP contribution in [0.2, 0.25) is 0 Å². The number of terminal acetylenes is 1. The van der Waals surface area contributed by atoms with Crippen molar-refractivity contribution in [1.29, 1.82) is 0 Å². The van der Waals surface area contributed by atoms with Gasteiger partial charge in [0.1, 0.15) is 19.2 Å². The van der Waals surface area contributed by atoms with Gasteiger partial charge in [-0.05, 0) is 27.8 Å². The van der Waals surface area contributed by atoms with Crippen molar-refractivity contribution in [3.05, 3.63) is 95.6 Å². The molecule has 2 amide bonds. The summed E-state index contributed by atoms with van der Waals surface area (Å²) in [6.45, 7) is -0.710. The quantitative estimate of drug-likeness (QED) is 0.490. The Bertz CT molecular complexity index is 1240. The molecule has 0 bridgehead atoms. The summed E-state index contributed by atoms with van der Waals surface area (Å²) in [4.78, 5) is 38.3. The highest BCUT2D eigenvalue weighted by molar-refractivity contribution is 5.89. The molecular weight excluding hydrogens is 444 g/mol. The number of carbonyl (C=O) groups is 3. The molecule has 7 nitrogen and oxygen atoms in total. The second-order valence-electron chi connectivity index (χ2n) is 8.11. The van der Waals surface area contributed by atoms with E-state index in [2.05, 4.69) is 11.2 Å². The summed E-state index contributed by atoms with van der Waals surface area (Å²) in [5.74, 6) is 0.316. The van der Waals surface area contributed by atoms with Gasteiger partial charge in [0.25, 0.3) is 5.91 Å². The second-order valence-corrected chi connectivity index (χ2v) is 8.11. The lowest BCUT2D eigenvalue weighted by Gasteiger charge is -2.25. The number of nitrogens with zero attached hydrogens (tertiary/aromatic N) is 1. The van der Waals surface area contributed by atoms with Crippen LogP contribution in [0.25, 0.3) is 11.1 Å². The van der Waals surface area contributed by atoms with Crippen LogP contribution in [0.1, 0.15) is 28.7 Å². The molecule has 1 aliphatic rings. The number of carbonyl (C=O) groups excluding carboxylic acids is 2. The number of fused-ring (bicyclic) bond motifs is 3. The van der Waals surface area contributed by atoms with E-state index in [1.54, 1.807) is 30.3 Å². The Morgan fingerprint density at radius 1 is 0.943 bits per heavy atom. The van der Waals surface area contributed by atoms with Crippen molar-refractivity contribution in [2.24, 2.45) is 0 Å². The largest absolute Gasteiger partial charge is 0.480 e. The molecule has 3 aromatic carbocycles. The van der Waals surface area contributed by atoms with Crippen LogP contribution in [-0.4, -0.2) is 47.7 Å². The number of alkyl carbamates (subject to hydrolysis) is 1. The molecule has 0 radical (unpaired) electrons. The van der Waals surface area contributed by atoms with Crippen molar-refractivity contribution >= 4 is 18.0 Å². The van der Waals surface area contributed by atoms with E-state index in [1.807, 2.05) is 48.5 Å². The number of amides is 2. The number of carboxylic acids is 1. The SMILES string of the molecule is C#CCN(CC(=O)O)C(=O)[C@H](NC(=O)OCC1c2ccccc2-c2ccccc21)c1ccccc1. The van der Waals surface area contributed by atoms with Crippen molar-refractivity contribution < 1.29 is 24.2 Å². The van der Waals surface area contributed by atoms with Crippen LogP contribution in [0.4, 0.5) is 4.79 Å². The minimum absolute atomic E-state index is 0.0821. The van der Waals surface area contributed by atoms with Gasteiger partial charge in [0.15, 0.2) is 0 Å². The van der Waals surface area contributed by atoms with Crippen LogP contribution >= 0.6 is 0 Å². The van der Waals surface area contributed by atoms with Crippen molar-refractivity contribution in [2.45, 2.75) is 12.0 Å². The van der Waals surface area contributed by atoms with E-state index in [9.17, 15) is 19.5 Å². The zero-order valence-corrected chi connectivity index (χ0v) is 18.9. The molecule has 1 aliphatic carbocycles. The Balaban J connectivity index is 1.52. The number of hydrogen-bond donors (Lipinski definition) is 2. The molecule has 1 atom stereocenters. The summed E-state index contributed by atoms with van der Waals surface area (Å²) in [6.07, 6.45) is 4.54. The molecule has 0 fully saturated rings. The maximum atomic E-state index is 13.2. The Labute approximate surface area is 203 Å². The summed E-state index contributed by atoms with van der Waals surface area (Å²) in [5.41, 5.74) is 4.83. The normalized spacial score (nSPS) is 12.5. The zero-order chi connectivity index (χ0) is 24.8. The lowest BCUT2D eigenvalue weighted by atomic mass is 9.98. The van der Waals surface area contributed by atoms with Crippen molar-refractivity contribution in [1.82, 2.24) is 10.2 Å². The highest BCUT2D eigenvalue weighted by Crippen LogP contribution is 2.44. The molecule has 0 spiro atoms. The van der Waals surface area contributed by atoms with Crippen LogP contribution in [0.15, 0.2) is 78.9 Å². The van der Waals surface area contributed by atoms with Crippen LogP contribution in [-0.2, 0) is 14.3 Å². The van der Waals surface area contributed by atoms with Crippen molar-refractivity contribution in [2.75, 3.05) is 19.7 Å². The minimum atomic E-state index is -1.21. The maximum absolute atomic E-state index is 13.2. The van der Waals surface area contributed by atoms with E-state index in [0.29, 0.717) is 5.56 Å². The molecule has 0 saturated carbocycles. The van der Waals surface area contributed by atoms with E-state index in [1.165, 1.54) is 0 Å². The number of benzene rings is 3. The molecule has 0 heterocycles. The van der Waals surface area contributed by atoms with Crippen LogP contribution in [0.5, 0.6) is 0 Å². The van der Waals surface area contributed by atoms with E-state index >= 15 is 0 Å². The topological polar surface area (TPSA) is 95.9 Å². The third-order valence-electron chi connectivity index (χ3n) is 5.91. The first kappa shape index (κ1) is 23.6. The first-order valence-corrected chi connectivity index (χ1v) is 11.1. The summed E-state index contributed by atoms with van der Waals surface area (Å²) in [6, 6.07) is 23.4. The third-order valence-corrected chi connectivity index (χ3v) is 5.91. The van der Waals surface area contributed by atoms with Gasteiger partial charge < -0.3 is 20.1 Å². The lowest BCUT2D eigenvalue weighted by Crippen LogP contribution is -2.45. The average molecular weight is 469 g/mol. The monoisotopic (exact) mass is 468 g/mol. The van der Waals surface area contributed by atoms with Gasteiger partial charge in [-0.1, -0.05) is 84.8 Å². The van der Waals surface area contributed by atoms with E-state index < -0.39 is 30.6 Å². The van der Waals surface area contributed by atoms with Crippen molar-refractivity contribution in [3.8, 4) is 23.5 Å². The third kappa shape index (κ3) is 5.17. The molecule has 7 heteroatoms. The van der Waals surface area contributed by atoms with Gasteiger partial charge in [-0.2, -0.15) is 0 Å². The van der Waals surface area contributed by atoms with E-state index in [4.69, 9.17) is 11.2 Å². The molecule has 0 aliphatic heterocycles. The zero-order valence-electron chi connectivity index (χ0n) is 18.9. The number of nitrogens with one attached hydrogen (secondary N) is 1. The molecule has 176 valence electrons. The van der Waals surface area contributed by atoms with Gasteiger partial charge in [-0.3, -0.25) is 9.59 Å². The van der Waals surface area contributed by atoms with Gasteiger partial charge in [-0.25, -0.2) is 4.79 Å². The smallest absolute Gasteiger partial charge is 0.408 e. The predicted octanol–water partition coefficient (Wildman–Crippen LogP) is 3.81. The Morgan fingerprint density at radius 2 is 1.51 bits per heavy atom. The summed E-state index contributed by atoms with van der Waals surface area (Å²) in [5, 5.41) is 11.8. The van der Waals surface area contributed by atoms with Gasteiger partial charge in [0.2, 0.25) is 0 Å². The van der Waals surface area contributed by atoms with E-state index in [-0.39, 0.29) is 19.1 Å². The van der Waals surface area contributed by atoms with Gasteiger partial charge >= 0.3 is 12.1 Å². The van der Waals surface area contributed by atoms with Crippen LogP contribution < -0.4 is 5.32 Å². The number of aliphatic carboxylic acids is 1. The molecule has 2 N–H and O–H groups in total. The number of carboxylic acid groups (broad SMARTS) is 1. The highest BCUT2D eigenvalue weighted by atomic mass is 16.5. The fourth-order valence-corrected chi connectivity index (χ4v) is 4.36. The first-order chi connectivity index (χ1) is 17.0. The standard InChI is InChI=1S/C28H24N2O5/c1-2-16-30(17-25(31)32)27(33)26(19-10-4-3-5-11-19)29-28(34)35-18-24-22-14-8-6-12-20(22)21-13-7-9-15-23(21)24/h1,3-15,24,26H,16-18H2,(H,29,34)(H,31,32)/t26-/m1/s1. The fourth-order valence-electron chi connectivity index (χ4n) is 4.36. The molecule has 0 aromatic heterocycles. The van der Waals surface area contributed by atoms with Crippen LogP contribution in [0, 0.1) is 12.3 Å². The maximum Gasteiger partial charge on any atom is 0.408 e. The summed E-state index contributed by atoms with van der Waals surface area (Å²) >= 11 is 0. The predicted molar refractivity (Wildman–Crippen MR) is 130 cm³/mol. The Kier molecular flexibility index (Phi) is 7.12. The number of ether oxygens (including phenoxy) is 1. The van der Waals surface area contributed by atoms with E-state index in [0.717, 1.165) is 27.2 Å². The first-order valence-electron chi connectivity index (χ1n) is 11.1. The Hall–Kier alpha value is -4.57. The molecule has 0 unspecified atom stereocenters. The summed E-state index contributed by atoms with van der Waals surface area (Å²) in [7, 11) is 0.